The third-order valence-electron chi connectivity index (χ3n) is 4.45. The average molecular weight is 474 g/mol. The third-order valence-corrected chi connectivity index (χ3v) is 6.23. The van der Waals surface area contributed by atoms with Gasteiger partial charge in [-0.2, -0.15) is 0 Å². The van der Waals surface area contributed by atoms with E-state index in [1.165, 1.54) is 11.8 Å². The Kier molecular flexibility index (Phi) is 6.47. The number of benzene rings is 2. The lowest BCUT2D eigenvalue weighted by atomic mass is 10.1. The van der Waals surface area contributed by atoms with Crippen LogP contribution in [-0.4, -0.2) is 38.5 Å². The smallest absolute Gasteiger partial charge is 0.236 e. The van der Waals surface area contributed by atoms with Crippen molar-refractivity contribution in [2.75, 3.05) is 18.2 Å². The van der Waals surface area contributed by atoms with Crippen LogP contribution in [0.3, 0.4) is 0 Å². The molecule has 2 heterocycles. The van der Waals surface area contributed by atoms with Crippen molar-refractivity contribution in [3.63, 3.8) is 0 Å². The number of hydrogen-bond donors (Lipinski definition) is 1. The van der Waals surface area contributed by atoms with Crippen molar-refractivity contribution in [2.45, 2.75) is 5.16 Å². The summed E-state index contributed by atoms with van der Waals surface area (Å²) in [6.45, 7) is 0. The Morgan fingerprint density at radius 1 is 1.22 bits per heavy atom. The topological polar surface area (TPSA) is 81.9 Å². The van der Waals surface area contributed by atoms with Gasteiger partial charge in [0.1, 0.15) is 17.4 Å². The number of nitrogens with one attached hydrogen (secondary N) is 1. The molecule has 164 valence electrons. The highest BCUT2D eigenvalue weighted by Crippen LogP contribution is 2.28. The van der Waals surface area contributed by atoms with Gasteiger partial charge in [-0.15, -0.1) is 21.5 Å². The van der Waals surface area contributed by atoms with E-state index in [0.29, 0.717) is 21.9 Å². The Labute approximate surface area is 190 Å². The summed E-state index contributed by atoms with van der Waals surface area (Å²) in [5.74, 6) is -0.0180. The first kappa shape index (κ1) is 21.9. The van der Waals surface area contributed by atoms with Gasteiger partial charge in [-0.25, -0.2) is 13.8 Å². The van der Waals surface area contributed by atoms with Crippen LogP contribution in [0, 0.1) is 11.6 Å². The number of carbonyl (C=O) groups is 1. The van der Waals surface area contributed by atoms with Crippen molar-refractivity contribution in [1.29, 1.82) is 0 Å². The summed E-state index contributed by atoms with van der Waals surface area (Å²) in [7, 11) is 3.41. The highest BCUT2D eigenvalue weighted by molar-refractivity contribution is 7.99. The highest BCUT2D eigenvalue weighted by atomic mass is 32.2. The van der Waals surface area contributed by atoms with Gasteiger partial charge in [-0.1, -0.05) is 23.9 Å². The summed E-state index contributed by atoms with van der Waals surface area (Å²) in [5.41, 5.74) is 1.14. The molecule has 0 aliphatic rings. The van der Waals surface area contributed by atoms with E-state index in [4.69, 9.17) is 4.74 Å². The van der Waals surface area contributed by atoms with Crippen LogP contribution >= 0.6 is 23.1 Å². The Balaban J connectivity index is 1.39. The van der Waals surface area contributed by atoms with Crippen molar-refractivity contribution < 1.29 is 18.3 Å². The molecule has 0 aliphatic heterocycles. The zero-order chi connectivity index (χ0) is 22.7. The quantitative estimate of drug-likeness (QED) is 0.395. The Morgan fingerprint density at radius 3 is 2.88 bits per heavy atom. The lowest BCUT2D eigenvalue weighted by Gasteiger charge is -2.05. The number of thioether (sulfide) groups is 1. The number of rotatable bonds is 7. The molecule has 2 aromatic carbocycles. The van der Waals surface area contributed by atoms with Crippen LogP contribution in [0.15, 0.2) is 53.0 Å². The molecule has 0 bridgehead atoms. The highest BCUT2D eigenvalue weighted by Gasteiger charge is 2.15. The third kappa shape index (κ3) is 4.78. The second-order valence-corrected chi connectivity index (χ2v) is 8.40. The molecule has 0 saturated heterocycles. The average Bonchev–Trinajstić information content (AvgIpc) is 3.40. The molecule has 7 nitrogen and oxygen atoms in total. The molecule has 2 aromatic heterocycles. The van der Waals surface area contributed by atoms with Gasteiger partial charge in [0.2, 0.25) is 5.91 Å². The number of ether oxygens (including phenoxy) is 1. The van der Waals surface area contributed by atoms with E-state index in [1.807, 2.05) is 31.3 Å². The second-order valence-electron chi connectivity index (χ2n) is 6.60. The van der Waals surface area contributed by atoms with Crippen LogP contribution in [0.1, 0.15) is 0 Å². The van der Waals surface area contributed by atoms with E-state index in [-0.39, 0.29) is 22.9 Å². The molecular formula is C21H17F2N5O2S2. The van der Waals surface area contributed by atoms with Crippen LogP contribution in [0.4, 0.5) is 13.9 Å². The second kappa shape index (κ2) is 9.45. The van der Waals surface area contributed by atoms with Crippen LogP contribution in [0.2, 0.25) is 0 Å². The Bertz CT molecular complexity index is 1270. The van der Waals surface area contributed by atoms with Gasteiger partial charge in [0.25, 0.3) is 0 Å². The van der Waals surface area contributed by atoms with Gasteiger partial charge in [-0.3, -0.25) is 4.79 Å². The molecule has 0 fully saturated rings. The molecule has 0 aliphatic carbocycles. The lowest BCUT2D eigenvalue weighted by Crippen LogP contribution is -2.14. The lowest BCUT2D eigenvalue weighted by molar-refractivity contribution is -0.113. The van der Waals surface area contributed by atoms with Gasteiger partial charge in [0.05, 0.1) is 18.6 Å². The largest absolute Gasteiger partial charge is 0.497 e. The standard InChI is InChI=1S/C21H17F2N5O2S2/c1-28-19(12-4-3-5-14(8-12)30-2)26-27-21(28)32-11-18(29)25-20-24-17(10-31-20)15-9-13(22)6-7-16(15)23/h3-10H,11H2,1-2H3,(H,24,25,29). The fourth-order valence-electron chi connectivity index (χ4n) is 2.89. The first-order valence-corrected chi connectivity index (χ1v) is 11.2. The van der Waals surface area contributed by atoms with E-state index in [1.54, 1.807) is 17.1 Å². The molecular weight excluding hydrogens is 456 g/mol. The van der Waals surface area contributed by atoms with Gasteiger partial charge < -0.3 is 14.6 Å². The molecule has 1 N–H and O–H groups in total. The van der Waals surface area contributed by atoms with E-state index in [0.717, 1.165) is 35.1 Å². The number of hydrogen-bond acceptors (Lipinski definition) is 7. The number of anilines is 1. The van der Waals surface area contributed by atoms with E-state index < -0.39 is 11.6 Å². The van der Waals surface area contributed by atoms with Crippen LogP contribution in [0.25, 0.3) is 22.6 Å². The SMILES string of the molecule is COc1cccc(-c2nnc(SCC(=O)Nc3nc(-c4cc(F)ccc4F)cs3)n2C)c1. The van der Waals surface area contributed by atoms with E-state index >= 15 is 0 Å². The molecule has 11 heteroatoms. The maximum absolute atomic E-state index is 13.9. The summed E-state index contributed by atoms with van der Waals surface area (Å²) in [6, 6.07) is 10.6. The predicted molar refractivity (Wildman–Crippen MR) is 120 cm³/mol. The van der Waals surface area contributed by atoms with Crippen molar-refractivity contribution in [2.24, 2.45) is 7.05 Å². The number of amides is 1. The summed E-state index contributed by atoms with van der Waals surface area (Å²) in [6.07, 6.45) is 0. The van der Waals surface area contributed by atoms with Crippen molar-refractivity contribution >= 4 is 34.1 Å². The molecule has 1 amide bonds. The minimum Gasteiger partial charge on any atom is -0.497 e. The molecule has 0 spiro atoms. The molecule has 4 rings (SSSR count). The van der Waals surface area contributed by atoms with Gasteiger partial charge in [0, 0.05) is 23.6 Å². The normalized spacial score (nSPS) is 10.9. The zero-order valence-electron chi connectivity index (χ0n) is 17.0. The van der Waals surface area contributed by atoms with Crippen LogP contribution in [-0.2, 0) is 11.8 Å². The van der Waals surface area contributed by atoms with Crippen LogP contribution in [0.5, 0.6) is 5.75 Å². The van der Waals surface area contributed by atoms with Crippen LogP contribution < -0.4 is 10.1 Å². The summed E-state index contributed by atoms with van der Waals surface area (Å²) < 4.78 is 34.4. The number of carbonyl (C=O) groups excluding carboxylic acids is 1. The monoisotopic (exact) mass is 473 g/mol. The summed E-state index contributed by atoms with van der Waals surface area (Å²) in [5, 5.41) is 13.4. The molecule has 0 saturated carbocycles. The maximum Gasteiger partial charge on any atom is 0.236 e. The fraction of sp³-hybridized carbons (Fsp3) is 0.143. The number of methoxy groups -OCH3 is 1. The van der Waals surface area contributed by atoms with Crippen molar-refractivity contribution in [3.05, 3.63) is 59.5 Å². The van der Waals surface area contributed by atoms with Gasteiger partial charge >= 0.3 is 0 Å². The first-order valence-electron chi connectivity index (χ1n) is 9.32. The van der Waals surface area contributed by atoms with Crippen molar-refractivity contribution in [1.82, 2.24) is 19.7 Å². The van der Waals surface area contributed by atoms with Gasteiger partial charge in [0.15, 0.2) is 16.1 Å². The number of halogens is 2. The molecule has 0 atom stereocenters. The minimum atomic E-state index is -0.584. The molecule has 0 unspecified atom stereocenters. The first-order chi connectivity index (χ1) is 15.4. The molecule has 4 aromatic rings. The molecule has 0 radical (unpaired) electrons. The van der Waals surface area contributed by atoms with Crippen molar-refractivity contribution in [3.8, 4) is 28.4 Å². The van der Waals surface area contributed by atoms with Gasteiger partial charge in [-0.05, 0) is 30.3 Å². The van der Waals surface area contributed by atoms with E-state index in [2.05, 4.69) is 20.5 Å². The zero-order valence-corrected chi connectivity index (χ0v) is 18.6. The predicted octanol–water partition coefficient (Wildman–Crippen LogP) is 4.62. The summed E-state index contributed by atoms with van der Waals surface area (Å²) in [4.78, 5) is 16.5. The minimum absolute atomic E-state index is 0.0419. The number of thiazole rings is 1. The Hall–Kier alpha value is -3.31. The fourth-order valence-corrected chi connectivity index (χ4v) is 4.33. The summed E-state index contributed by atoms with van der Waals surface area (Å²) >= 11 is 2.35. The van der Waals surface area contributed by atoms with E-state index in [9.17, 15) is 13.6 Å². The molecule has 32 heavy (non-hydrogen) atoms. The number of nitrogens with zero attached hydrogens (tertiary/aromatic N) is 4. The maximum atomic E-state index is 13.9. The number of aromatic nitrogens is 4. The Morgan fingerprint density at radius 2 is 2.06 bits per heavy atom.